The molecule has 32 heavy (non-hydrogen) atoms. The number of urea groups is 1. The van der Waals surface area contributed by atoms with E-state index in [0.717, 1.165) is 27.5 Å². The largest absolute Gasteiger partial charge is 0.348 e. The van der Waals surface area contributed by atoms with Crippen molar-refractivity contribution in [3.63, 3.8) is 0 Å². The molecule has 0 heterocycles. The molecule has 0 aromatic heterocycles. The maximum atomic E-state index is 12.9. The van der Waals surface area contributed by atoms with Gasteiger partial charge in [-0.1, -0.05) is 78.9 Å². The summed E-state index contributed by atoms with van der Waals surface area (Å²) in [6, 6.07) is 28.9. The van der Waals surface area contributed by atoms with Crippen LogP contribution in [0, 0.1) is 6.92 Å². The van der Waals surface area contributed by atoms with Crippen LogP contribution in [0.25, 0.3) is 10.8 Å². The van der Waals surface area contributed by atoms with Gasteiger partial charge in [0.05, 0.1) is 0 Å². The molecule has 4 aromatic carbocycles. The summed E-state index contributed by atoms with van der Waals surface area (Å²) in [6.45, 7) is 2.73. The Labute approximate surface area is 187 Å². The van der Waals surface area contributed by atoms with Gasteiger partial charge in [-0.25, -0.2) is 4.79 Å². The first-order valence-electron chi connectivity index (χ1n) is 10.5. The van der Waals surface area contributed by atoms with E-state index in [1.165, 1.54) is 0 Å². The molecule has 0 saturated heterocycles. The smallest absolute Gasteiger partial charge is 0.319 e. The number of carbonyl (C=O) groups is 2. The molecule has 3 amide bonds. The monoisotopic (exact) mass is 423 g/mol. The van der Waals surface area contributed by atoms with Crippen LogP contribution in [0.2, 0.25) is 0 Å². The van der Waals surface area contributed by atoms with E-state index in [4.69, 9.17) is 0 Å². The van der Waals surface area contributed by atoms with Gasteiger partial charge in [-0.15, -0.1) is 0 Å². The van der Waals surface area contributed by atoms with Crippen LogP contribution in [0.1, 0.15) is 27.0 Å². The van der Waals surface area contributed by atoms with E-state index in [1.54, 1.807) is 12.1 Å². The van der Waals surface area contributed by atoms with Crippen molar-refractivity contribution in [3.05, 3.63) is 113 Å². The zero-order chi connectivity index (χ0) is 22.3. The van der Waals surface area contributed by atoms with Crippen molar-refractivity contribution in [2.45, 2.75) is 20.0 Å². The maximum absolute atomic E-state index is 12.9. The van der Waals surface area contributed by atoms with Gasteiger partial charge in [0.15, 0.2) is 0 Å². The van der Waals surface area contributed by atoms with E-state index in [0.29, 0.717) is 24.3 Å². The predicted octanol–water partition coefficient (Wildman–Crippen LogP) is 5.40. The molecule has 0 aliphatic rings. The van der Waals surface area contributed by atoms with Crippen LogP contribution in [0.5, 0.6) is 0 Å². The zero-order valence-electron chi connectivity index (χ0n) is 17.9. The first-order valence-corrected chi connectivity index (χ1v) is 10.5. The fraction of sp³-hybridized carbons (Fsp3) is 0.111. The van der Waals surface area contributed by atoms with E-state index in [2.05, 4.69) is 34.1 Å². The Bertz CT molecular complexity index is 1250. The molecule has 5 nitrogen and oxygen atoms in total. The summed E-state index contributed by atoms with van der Waals surface area (Å²) in [5, 5.41) is 10.9. The van der Waals surface area contributed by atoms with Gasteiger partial charge in [-0.3, -0.25) is 4.79 Å². The predicted molar refractivity (Wildman–Crippen MR) is 129 cm³/mol. The highest BCUT2D eigenvalue weighted by Gasteiger charge is 2.12. The van der Waals surface area contributed by atoms with E-state index < -0.39 is 0 Å². The number of amides is 3. The number of rotatable bonds is 6. The minimum absolute atomic E-state index is 0.177. The first-order chi connectivity index (χ1) is 15.6. The highest BCUT2D eigenvalue weighted by molar-refractivity contribution is 5.98. The molecule has 3 N–H and O–H groups in total. The molecule has 0 radical (unpaired) electrons. The third-order valence-corrected chi connectivity index (χ3v) is 5.36. The van der Waals surface area contributed by atoms with Gasteiger partial charge in [0.2, 0.25) is 0 Å². The van der Waals surface area contributed by atoms with Gasteiger partial charge in [0, 0.05) is 24.3 Å². The average molecular weight is 424 g/mol. The van der Waals surface area contributed by atoms with Crippen molar-refractivity contribution in [1.82, 2.24) is 10.6 Å². The highest BCUT2D eigenvalue weighted by Crippen LogP contribution is 2.19. The molecule has 4 rings (SSSR count). The van der Waals surface area contributed by atoms with E-state index >= 15 is 0 Å². The number of nitrogens with one attached hydrogen (secondary N) is 3. The number of carbonyl (C=O) groups excluding carboxylic acids is 2. The number of benzene rings is 4. The Morgan fingerprint density at radius 1 is 0.750 bits per heavy atom. The second-order valence-corrected chi connectivity index (χ2v) is 7.64. The normalized spacial score (nSPS) is 10.5. The van der Waals surface area contributed by atoms with Crippen LogP contribution >= 0.6 is 0 Å². The summed E-state index contributed by atoms with van der Waals surface area (Å²) in [7, 11) is 0. The SMILES string of the molecule is Cc1ccc(NC(=O)NCc2ccccc2)cc1C(=O)NCc1cccc2ccccc12. The van der Waals surface area contributed by atoms with E-state index in [9.17, 15) is 9.59 Å². The van der Waals surface area contributed by atoms with Gasteiger partial charge in [-0.05, 0) is 46.5 Å². The zero-order valence-corrected chi connectivity index (χ0v) is 17.9. The van der Waals surface area contributed by atoms with Crippen LogP contribution in [0.4, 0.5) is 10.5 Å². The van der Waals surface area contributed by atoms with Crippen molar-refractivity contribution in [3.8, 4) is 0 Å². The topological polar surface area (TPSA) is 70.2 Å². The van der Waals surface area contributed by atoms with Gasteiger partial charge < -0.3 is 16.0 Å². The van der Waals surface area contributed by atoms with E-state index in [1.807, 2.05) is 67.6 Å². The second kappa shape index (κ2) is 9.79. The third-order valence-electron chi connectivity index (χ3n) is 5.36. The van der Waals surface area contributed by atoms with Gasteiger partial charge in [0.25, 0.3) is 5.91 Å². The van der Waals surface area contributed by atoms with Crippen molar-refractivity contribution >= 4 is 28.4 Å². The number of fused-ring (bicyclic) bond motifs is 1. The lowest BCUT2D eigenvalue weighted by Gasteiger charge is -2.12. The summed E-state index contributed by atoms with van der Waals surface area (Å²) in [6.07, 6.45) is 0. The standard InChI is InChI=1S/C27H25N3O2/c1-19-14-15-23(30-27(32)29-17-20-8-3-2-4-9-20)16-25(19)26(31)28-18-22-12-7-11-21-10-5-6-13-24(21)22/h2-16H,17-18H2,1H3,(H,28,31)(H2,29,30,32). The molecular formula is C27H25N3O2. The summed E-state index contributed by atoms with van der Waals surface area (Å²) >= 11 is 0. The summed E-state index contributed by atoms with van der Waals surface area (Å²) < 4.78 is 0. The number of anilines is 1. The number of aryl methyl sites for hydroxylation is 1. The average Bonchev–Trinajstić information content (AvgIpc) is 2.83. The molecule has 160 valence electrons. The van der Waals surface area contributed by atoms with Crippen molar-refractivity contribution in [1.29, 1.82) is 0 Å². The Morgan fingerprint density at radius 3 is 2.34 bits per heavy atom. The van der Waals surface area contributed by atoms with Crippen molar-refractivity contribution < 1.29 is 9.59 Å². The van der Waals surface area contributed by atoms with Crippen LogP contribution in [-0.4, -0.2) is 11.9 Å². The lowest BCUT2D eigenvalue weighted by molar-refractivity contribution is 0.0950. The lowest BCUT2D eigenvalue weighted by Crippen LogP contribution is -2.28. The summed E-state index contributed by atoms with van der Waals surface area (Å²) in [4.78, 5) is 25.1. The lowest BCUT2D eigenvalue weighted by atomic mass is 10.0. The maximum Gasteiger partial charge on any atom is 0.319 e. The molecule has 0 bridgehead atoms. The third kappa shape index (κ3) is 5.13. The minimum Gasteiger partial charge on any atom is -0.348 e. The minimum atomic E-state index is -0.320. The summed E-state index contributed by atoms with van der Waals surface area (Å²) in [5.74, 6) is -0.177. The molecule has 0 spiro atoms. The van der Waals surface area contributed by atoms with Gasteiger partial charge in [-0.2, -0.15) is 0 Å². The van der Waals surface area contributed by atoms with Gasteiger partial charge in [0.1, 0.15) is 0 Å². The molecule has 0 atom stereocenters. The molecule has 0 saturated carbocycles. The molecule has 0 aliphatic heterocycles. The Hall–Kier alpha value is -4.12. The van der Waals surface area contributed by atoms with Crippen LogP contribution in [0.3, 0.4) is 0 Å². The van der Waals surface area contributed by atoms with Crippen LogP contribution < -0.4 is 16.0 Å². The Morgan fingerprint density at radius 2 is 1.50 bits per heavy atom. The molecular weight excluding hydrogens is 398 g/mol. The van der Waals surface area contributed by atoms with E-state index in [-0.39, 0.29) is 11.9 Å². The number of hydrogen-bond donors (Lipinski definition) is 3. The highest BCUT2D eigenvalue weighted by atomic mass is 16.2. The fourth-order valence-corrected chi connectivity index (χ4v) is 3.62. The van der Waals surface area contributed by atoms with Gasteiger partial charge >= 0.3 is 6.03 Å². The second-order valence-electron chi connectivity index (χ2n) is 7.64. The van der Waals surface area contributed by atoms with Crippen LogP contribution in [-0.2, 0) is 13.1 Å². The Balaban J connectivity index is 1.40. The first kappa shape index (κ1) is 21.1. The Kier molecular flexibility index (Phi) is 6.46. The molecule has 0 aliphatic carbocycles. The molecule has 0 fully saturated rings. The van der Waals surface area contributed by atoms with Crippen LogP contribution in [0.15, 0.2) is 91.0 Å². The molecule has 5 heteroatoms. The molecule has 0 unspecified atom stereocenters. The summed E-state index contributed by atoms with van der Waals surface area (Å²) in [5.41, 5.74) is 4.02. The molecule has 4 aromatic rings. The quantitative estimate of drug-likeness (QED) is 0.389. The van der Waals surface area contributed by atoms with Crippen molar-refractivity contribution in [2.24, 2.45) is 0 Å². The fourth-order valence-electron chi connectivity index (χ4n) is 3.62. The number of hydrogen-bond acceptors (Lipinski definition) is 2. The van der Waals surface area contributed by atoms with Crippen molar-refractivity contribution in [2.75, 3.05) is 5.32 Å².